The third kappa shape index (κ3) is 2.99. The summed E-state index contributed by atoms with van der Waals surface area (Å²) in [6.45, 7) is 2.24. The number of hydrogen-bond acceptors (Lipinski definition) is 5. The minimum atomic E-state index is -0.414. The number of aliphatic hydroxyl groups excluding tert-OH is 1. The van der Waals surface area contributed by atoms with E-state index in [0.717, 1.165) is 30.0 Å². The number of aromatic nitrogens is 2. The predicted octanol–water partition coefficient (Wildman–Crippen LogP) is 2.97. The van der Waals surface area contributed by atoms with Crippen molar-refractivity contribution in [3.8, 4) is 5.75 Å². The van der Waals surface area contributed by atoms with Crippen LogP contribution in [-0.2, 0) is 6.61 Å². The van der Waals surface area contributed by atoms with E-state index in [1.165, 1.54) is 0 Å². The Kier molecular flexibility index (Phi) is 3.69. The Labute approximate surface area is 117 Å². The van der Waals surface area contributed by atoms with Gasteiger partial charge in [0.05, 0.1) is 6.10 Å². The average molecular weight is 274 g/mol. The average Bonchev–Trinajstić information content (AvgIpc) is 3.24. The van der Waals surface area contributed by atoms with Crippen LogP contribution >= 0.6 is 0 Å². The van der Waals surface area contributed by atoms with Gasteiger partial charge < -0.3 is 14.4 Å². The van der Waals surface area contributed by atoms with Crippen molar-refractivity contribution in [2.24, 2.45) is 0 Å². The summed E-state index contributed by atoms with van der Waals surface area (Å²) in [5.41, 5.74) is 0.899. The second-order valence-electron chi connectivity index (χ2n) is 5.10. The highest BCUT2D eigenvalue weighted by Crippen LogP contribution is 2.38. The van der Waals surface area contributed by atoms with Crippen LogP contribution < -0.4 is 4.74 Å². The van der Waals surface area contributed by atoms with Gasteiger partial charge in [-0.05, 0) is 37.0 Å². The zero-order valence-corrected chi connectivity index (χ0v) is 11.5. The zero-order valence-electron chi connectivity index (χ0n) is 11.5. The van der Waals surface area contributed by atoms with Crippen LogP contribution in [0, 0.1) is 0 Å². The SMILES string of the molecule is CC[C@@H](O)c1ccc(OCc2noc(C3CC3)n2)cc1. The van der Waals surface area contributed by atoms with E-state index in [1.807, 2.05) is 31.2 Å². The molecule has 5 nitrogen and oxygen atoms in total. The third-order valence-electron chi connectivity index (χ3n) is 3.43. The van der Waals surface area contributed by atoms with Gasteiger partial charge >= 0.3 is 0 Å². The molecular formula is C15H18N2O3. The highest BCUT2D eigenvalue weighted by atomic mass is 16.5. The summed E-state index contributed by atoms with van der Waals surface area (Å²) >= 11 is 0. The number of ether oxygens (including phenoxy) is 1. The van der Waals surface area contributed by atoms with Crippen molar-refractivity contribution in [3.05, 3.63) is 41.5 Å². The first kappa shape index (κ1) is 13.1. The van der Waals surface area contributed by atoms with Crippen molar-refractivity contribution in [2.45, 2.75) is 44.8 Å². The molecule has 0 bridgehead atoms. The lowest BCUT2D eigenvalue weighted by Gasteiger charge is -2.09. The van der Waals surface area contributed by atoms with Gasteiger partial charge in [-0.15, -0.1) is 0 Å². The number of hydrogen-bond donors (Lipinski definition) is 1. The summed E-state index contributed by atoms with van der Waals surface area (Å²) in [5.74, 6) is 2.50. The van der Waals surface area contributed by atoms with E-state index >= 15 is 0 Å². The molecule has 1 saturated carbocycles. The van der Waals surface area contributed by atoms with E-state index in [4.69, 9.17) is 9.26 Å². The molecule has 1 aliphatic carbocycles. The fourth-order valence-corrected chi connectivity index (χ4v) is 1.99. The van der Waals surface area contributed by atoms with Gasteiger partial charge in [0.15, 0.2) is 6.61 Å². The van der Waals surface area contributed by atoms with Gasteiger partial charge in [0.2, 0.25) is 11.7 Å². The van der Waals surface area contributed by atoms with Gasteiger partial charge in [0, 0.05) is 5.92 Å². The van der Waals surface area contributed by atoms with Crippen LogP contribution in [0.2, 0.25) is 0 Å². The topological polar surface area (TPSA) is 68.4 Å². The lowest BCUT2D eigenvalue weighted by Crippen LogP contribution is -1.99. The monoisotopic (exact) mass is 274 g/mol. The molecular weight excluding hydrogens is 256 g/mol. The van der Waals surface area contributed by atoms with Gasteiger partial charge in [-0.3, -0.25) is 0 Å². The van der Waals surface area contributed by atoms with Crippen molar-refractivity contribution in [1.29, 1.82) is 0 Å². The Morgan fingerprint density at radius 1 is 1.35 bits per heavy atom. The summed E-state index contributed by atoms with van der Waals surface area (Å²) in [7, 11) is 0. The Morgan fingerprint density at radius 2 is 2.10 bits per heavy atom. The molecule has 0 spiro atoms. The number of benzene rings is 1. The smallest absolute Gasteiger partial charge is 0.229 e. The molecule has 1 N–H and O–H groups in total. The summed E-state index contributed by atoms with van der Waals surface area (Å²) in [4.78, 5) is 4.30. The Morgan fingerprint density at radius 3 is 2.75 bits per heavy atom. The molecule has 1 aliphatic rings. The normalized spacial score (nSPS) is 16.1. The first-order valence-corrected chi connectivity index (χ1v) is 6.99. The Balaban J connectivity index is 1.57. The van der Waals surface area contributed by atoms with Crippen molar-refractivity contribution >= 4 is 0 Å². The first-order chi connectivity index (χ1) is 9.76. The van der Waals surface area contributed by atoms with Crippen LogP contribution in [0.3, 0.4) is 0 Å². The molecule has 0 aliphatic heterocycles. The number of aliphatic hydroxyl groups is 1. The Bertz CT molecular complexity index is 561. The van der Waals surface area contributed by atoms with E-state index in [1.54, 1.807) is 0 Å². The molecule has 3 rings (SSSR count). The molecule has 1 aromatic heterocycles. The minimum absolute atomic E-state index is 0.298. The molecule has 0 radical (unpaired) electrons. The maximum Gasteiger partial charge on any atom is 0.229 e. The molecule has 1 atom stereocenters. The molecule has 5 heteroatoms. The van der Waals surface area contributed by atoms with Crippen molar-refractivity contribution in [3.63, 3.8) is 0 Å². The van der Waals surface area contributed by atoms with Crippen LogP contribution in [0.5, 0.6) is 5.75 Å². The quantitative estimate of drug-likeness (QED) is 0.877. The van der Waals surface area contributed by atoms with E-state index in [-0.39, 0.29) is 0 Å². The minimum Gasteiger partial charge on any atom is -0.485 e. The standard InChI is InChI=1S/C15H18N2O3/c1-2-13(18)10-5-7-12(8-6-10)19-9-14-16-15(20-17-14)11-3-4-11/h5-8,11,13,18H,2-4,9H2,1H3/t13-/m1/s1. The van der Waals surface area contributed by atoms with Gasteiger partial charge in [0.1, 0.15) is 5.75 Å². The summed E-state index contributed by atoms with van der Waals surface area (Å²) in [6, 6.07) is 7.43. The number of rotatable bonds is 6. The Hall–Kier alpha value is -1.88. The summed E-state index contributed by atoms with van der Waals surface area (Å²) < 4.78 is 10.8. The molecule has 1 fully saturated rings. The molecule has 1 aromatic carbocycles. The van der Waals surface area contributed by atoms with Gasteiger partial charge in [-0.2, -0.15) is 4.98 Å². The number of nitrogens with zero attached hydrogens (tertiary/aromatic N) is 2. The van der Waals surface area contributed by atoms with E-state index in [0.29, 0.717) is 24.8 Å². The van der Waals surface area contributed by atoms with Crippen LogP contribution in [0.1, 0.15) is 55.5 Å². The largest absolute Gasteiger partial charge is 0.485 e. The summed E-state index contributed by atoms with van der Waals surface area (Å²) in [6.07, 6.45) is 2.57. The van der Waals surface area contributed by atoms with E-state index in [9.17, 15) is 5.11 Å². The summed E-state index contributed by atoms with van der Waals surface area (Å²) in [5, 5.41) is 13.6. The highest BCUT2D eigenvalue weighted by Gasteiger charge is 2.29. The molecule has 20 heavy (non-hydrogen) atoms. The molecule has 2 aromatic rings. The van der Waals surface area contributed by atoms with Crippen molar-refractivity contribution < 1.29 is 14.4 Å². The second kappa shape index (κ2) is 5.63. The highest BCUT2D eigenvalue weighted by molar-refractivity contribution is 5.28. The molecule has 106 valence electrons. The third-order valence-corrected chi connectivity index (χ3v) is 3.43. The van der Waals surface area contributed by atoms with Crippen LogP contribution in [0.15, 0.2) is 28.8 Å². The maximum absolute atomic E-state index is 9.72. The van der Waals surface area contributed by atoms with Crippen molar-refractivity contribution in [1.82, 2.24) is 10.1 Å². The molecule has 0 unspecified atom stereocenters. The first-order valence-electron chi connectivity index (χ1n) is 6.99. The van der Waals surface area contributed by atoms with Gasteiger partial charge in [0.25, 0.3) is 0 Å². The van der Waals surface area contributed by atoms with Gasteiger partial charge in [-0.1, -0.05) is 24.2 Å². The van der Waals surface area contributed by atoms with Crippen LogP contribution in [0.4, 0.5) is 0 Å². The van der Waals surface area contributed by atoms with Gasteiger partial charge in [-0.25, -0.2) is 0 Å². The van der Waals surface area contributed by atoms with E-state index < -0.39 is 6.10 Å². The molecule has 1 heterocycles. The van der Waals surface area contributed by atoms with Crippen LogP contribution in [-0.4, -0.2) is 15.2 Å². The fraction of sp³-hybridized carbons (Fsp3) is 0.467. The zero-order chi connectivity index (χ0) is 13.9. The predicted molar refractivity (Wildman–Crippen MR) is 72.3 cm³/mol. The van der Waals surface area contributed by atoms with Crippen molar-refractivity contribution in [2.75, 3.05) is 0 Å². The lowest BCUT2D eigenvalue weighted by molar-refractivity contribution is 0.173. The van der Waals surface area contributed by atoms with Crippen LogP contribution in [0.25, 0.3) is 0 Å². The van der Waals surface area contributed by atoms with E-state index in [2.05, 4.69) is 10.1 Å². The maximum atomic E-state index is 9.72. The molecule has 0 amide bonds. The fourth-order valence-electron chi connectivity index (χ4n) is 1.99. The lowest BCUT2D eigenvalue weighted by atomic mass is 10.1. The second-order valence-corrected chi connectivity index (χ2v) is 5.10. The molecule has 0 saturated heterocycles.